The first-order valence-electron chi connectivity index (χ1n) is 7.28. The molecule has 0 saturated heterocycles. The molecule has 0 aliphatic rings. The molecule has 0 unspecified atom stereocenters. The molecule has 0 aliphatic heterocycles. The van der Waals surface area contributed by atoms with Crippen molar-refractivity contribution in [3.05, 3.63) is 76.3 Å². The second kappa shape index (κ2) is 5.21. The van der Waals surface area contributed by atoms with Crippen molar-refractivity contribution in [2.24, 2.45) is 0 Å². The zero-order valence-electron chi connectivity index (χ0n) is 12.4. The first-order chi connectivity index (χ1) is 11.7. The first-order valence-corrected chi connectivity index (χ1v) is 7.28. The van der Waals surface area contributed by atoms with E-state index in [1.165, 1.54) is 0 Å². The molecule has 4 aromatic rings. The van der Waals surface area contributed by atoms with Crippen molar-refractivity contribution >= 4 is 27.4 Å². The lowest BCUT2D eigenvalue weighted by Gasteiger charge is -1.97. The Balaban J connectivity index is 2.07. The van der Waals surface area contributed by atoms with E-state index in [0.717, 1.165) is 10.8 Å². The quantitative estimate of drug-likeness (QED) is 0.384. The van der Waals surface area contributed by atoms with Crippen LogP contribution in [0.3, 0.4) is 0 Å². The van der Waals surface area contributed by atoms with Crippen LogP contribution < -0.4 is 0 Å². The van der Waals surface area contributed by atoms with Crippen LogP contribution in [0.25, 0.3) is 33.1 Å². The summed E-state index contributed by atoms with van der Waals surface area (Å²) in [4.78, 5) is 11.2. The fourth-order valence-electron chi connectivity index (χ4n) is 2.89. The van der Waals surface area contributed by atoms with E-state index < -0.39 is 4.92 Å². The standard InChI is InChI=1S/C19H10N2O3/c20-11-12-5-7-14(8-6-12)18-17(21(22)23)16-10-9-13-3-1-2-4-15(13)19(16)24-18/h1-10H. The molecule has 1 aromatic heterocycles. The largest absolute Gasteiger partial charge is 0.448 e. The lowest BCUT2D eigenvalue weighted by atomic mass is 10.1. The Labute approximate surface area is 136 Å². The Morgan fingerprint density at radius 1 is 0.958 bits per heavy atom. The number of rotatable bonds is 2. The summed E-state index contributed by atoms with van der Waals surface area (Å²) in [6, 6.07) is 19.7. The van der Waals surface area contributed by atoms with E-state index in [0.29, 0.717) is 22.1 Å². The molecule has 0 amide bonds. The average Bonchev–Trinajstić information content (AvgIpc) is 3.02. The molecule has 0 N–H and O–H groups in total. The minimum Gasteiger partial charge on any atom is -0.448 e. The second-order valence-corrected chi connectivity index (χ2v) is 5.39. The van der Waals surface area contributed by atoms with E-state index >= 15 is 0 Å². The number of furan rings is 1. The molecule has 0 fully saturated rings. The normalized spacial score (nSPS) is 10.8. The van der Waals surface area contributed by atoms with Gasteiger partial charge in [-0.1, -0.05) is 30.3 Å². The highest BCUT2D eigenvalue weighted by Gasteiger charge is 2.26. The van der Waals surface area contributed by atoms with Crippen molar-refractivity contribution in [3.8, 4) is 17.4 Å². The molecule has 4 rings (SSSR count). The predicted octanol–water partition coefficient (Wildman–Crippen LogP) is 5.03. The van der Waals surface area contributed by atoms with Crippen LogP contribution in [0.1, 0.15) is 5.56 Å². The van der Waals surface area contributed by atoms with Gasteiger partial charge >= 0.3 is 5.69 Å². The molecule has 1 heterocycles. The molecular weight excluding hydrogens is 304 g/mol. The molecule has 0 bridgehead atoms. The Bertz CT molecular complexity index is 1140. The minimum absolute atomic E-state index is 0.0551. The summed E-state index contributed by atoms with van der Waals surface area (Å²) in [6.45, 7) is 0. The maximum atomic E-state index is 11.6. The fourth-order valence-corrected chi connectivity index (χ4v) is 2.89. The van der Waals surface area contributed by atoms with E-state index in [1.807, 2.05) is 36.4 Å². The fraction of sp³-hybridized carbons (Fsp3) is 0. The van der Waals surface area contributed by atoms with Gasteiger partial charge in [0.25, 0.3) is 0 Å². The molecule has 24 heavy (non-hydrogen) atoms. The molecule has 0 atom stereocenters. The Hall–Kier alpha value is -3.65. The predicted molar refractivity (Wildman–Crippen MR) is 90.5 cm³/mol. The Morgan fingerprint density at radius 2 is 1.71 bits per heavy atom. The van der Waals surface area contributed by atoms with Crippen molar-refractivity contribution in [2.75, 3.05) is 0 Å². The van der Waals surface area contributed by atoms with Crippen LogP contribution in [0.15, 0.2) is 65.1 Å². The molecule has 0 saturated carbocycles. The molecule has 5 heteroatoms. The summed E-state index contributed by atoms with van der Waals surface area (Å²) in [6.07, 6.45) is 0. The Kier molecular flexibility index (Phi) is 3.04. The highest BCUT2D eigenvalue weighted by atomic mass is 16.6. The highest BCUT2D eigenvalue weighted by Crippen LogP contribution is 2.42. The van der Waals surface area contributed by atoms with Crippen LogP contribution in [0.4, 0.5) is 5.69 Å². The lowest BCUT2D eigenvalue weighted by Crippen LogP contribution is -1.89. The number of nitrogens with zero attached hydrogens (tertiary/aromatic N) is 2. The van der Waals surface area contributed by atoms with Gasteiger partial charge in [-0.05, 0) is 35.7 Å². The van der Waals surface area contributed by atoms with Crippen molar-refractivity contribution in [1.29, 1.82) is 5.26 Å². The van der Waals surface area contributed by atoms with Crippen LogP contribution in [0, 0.1) is 21.4 Å². The van der Waals surface area contributed by atoms with Crippen LogP contribution >= 0.6 is 0 Å². The van der Waals surface area contributed by atoms with E-state index in [9.17, 15) is 10.1 Å². The van der Waals surface area contributed by atoms with E-state index in [2.05, 4.69) is 0 Å². The highest BCUT2D eigenvalue weighted by molar-refractivity contribution is 6.09. The third-order valence-corrected chi connectivity index (χ3v) is 4.01. The number of nitro groups is 1. The average molecular weight is 314 g/mol. The van der Waals surface area contributed by atoms with Gasteiger partial charge in [-0.25, -0.2) is 0 Å². The van der Waals surface area contributed by atoms with Crippen LogP contribution in [0.5, 0.6) is 0 Å². The molecule has 114 valence electrons. The minimum atomic E-state index is -0.422. The van der Waals surface area contributed by atoms with Gasteiger partial charge < -0.3 is 4.42 Å². The van der Waals surface area contributed by atoms with Gasteiger partial charge in [0.15, 0.2) is 0 Å². The summed E-state index contributed by atoms with van der Waals surface area (Å²) >= 11 is 0. The van der Waals surface area contributed by atoms with Gasteiger partial charge in [0.05, 0.1) is 21.9 Å². The zero-order chi connectivity index (χ0) is 16.7. The van der Waals surface area contributed by atoms with Crippen LogP contribution in [-0.2, 0) is 0 Å². The molecule has 0 aliphatic carbocycles. The smallest absolute Gasteiger partial charge is 0.323 e. The summed E-state index contributed by atoms with van der Waals surface area (Å²) in [5.41, 5.74) is 1.50. The second-order valence-electron chi connectivity index (χ2n) is 5.39. The van der Waals surface area contributed by atoms with Crippen molar-refractivity contribution in [2.45, 2.75) is 0 Å². The van der Waals surface area contributed by atoms with Crippen LogP contribution in [0.2, 0.25) is 0 Å². The van der Waals surface area contributed by atoms with Gasteiger partial charge in [-0.2, -0.15) is 5.26 Å². The topological polar surface area (TPSA) is 80.1 Å². The third kappa shape index (κ3) is 2.02. The van der Waals surface area contributed by atoms with Gasteiger partial charge in [0, 0.05) is 10.9 Å². The molecule has 5 nitrogen and oxygen atoms in total. The maximum absolute atomic E-state index is 11.6. The molecule has 0 spiro atoms. The van der Waals surface area contributed by atoms with Gasteiger partial charge in [-0.15, -0.1) is 0 Å². The number of nitriles is 1. The maximum Gasteiger partial charge on any atom is 0.323 e. The SMILES string of the molecule is N#Cc1ccc(-c2oc3c(ccc4ccccc43)c2[N+](=O)[O-])cc1. The number of fused-ring (bicyclic) bond motifs is 3. The van der Waals surface area contributed by atoms with Crippen molar-refractivity contribution < 1.29 is 9.34 Å². The van der Waals surface area contributed by atoms with Gasteiger partial charge in [0.1, 0.15) is 5.58 Å². The first kappa shape index (κ1) is 14.0. The summed E-state index contributed by atoms with van der Waals surface area (Å²) in [5.74, 6) is 0.204. The van der Waals surface area contributed by atoms with Crippen molar-refractivity contribution in [1.82, 2.24) is 0 Å². The monoisotopic (exact) mass is 314 g/mol. The van der Waals surface area contributed by atoms with E-state index in [4.69, 9.17) is 9.68 Å². The van der Waals surface area contributed by atoms with E-state index in [1.54, 1.807) is 30.3 Å². The van der Waals surface area contributed by atoms with Gasteiger partial charge in [0.2, 0.25) is 5.76 Å². The summed E-state index contributed by atoms with van der Waals surface area (Å²) in [5, 5.41) is 22.8. The van der Waals surface area contributed by atoms with Gasteiger partial charge in [-0.3, -0.25) is 10.1 Å². The summed E-state index contributed by atoms with van der Waals surface area (Å²) < 4.78 is 5.91. The molecule has 0 radical (unpaired) electrons. The number of hydrogen-bond donors (Lipinski definition) is 0. The molecular formula is C19H10N2O3. The third-order valence-electron chi connectivity index (χ3n) is 4.01. The lowest BCUT2D eigenvalue weighted by molar-refractivity contribution is -0.382. The number of hydrogen-bond acceptors (Lipinski definition) is 4. The van der Waals surface area contributed by atoms with E-state index in [-0.39, 0.29) is 11.4 Å². The van der Waals surface area contributed by atoms with Crippen molar-refractivity contribution in [3.63, 3.8) is 0 Å². The number of benzene rings is 3. The Morgan fingerprint density at radius 3 is 2.42 bits per heavy atom. The van der Waals surface area contributed by atoms with Crippen LogP contribution in [-0.4, -0.2) is 4.92 Å². The zero-order valence-corrected chi connectivity index (χ0v) is 12.4. The molecule has 3 aromatic carbocycles. The summed E-state index contributed by atoms with van der Waals surface area (Å²) in [7, 11) is 0.